The minimum absolute atomic E-state index is 0.0575. The van der Waals surface area contributed by atoms with Gasteiger partial charge in [0.2, 0.25) is 0 Å². The summed E-state index contributed by atoms with van der Waals surface area (Å²) in [6, 6.07) is 21.2. The van der Waals surface area contributed by atoms with Gasteiger partial charge in [0.15, 0.2) is 6.61 Å². The average molecular weight is 418 g/mol. The molecule has 1 aliphatic heterocycles. The van der Waals surface area contributed by atoms with Crippen molar-refractivity contribution < 1.29 is 19.4 Å². The smallest absolute Gasteiger partial charge is 0.335 e. The third-order valence-corrected chi connectivity index (χ3v) is 5.78. The van der Waals surface area contributed by atoms with E-state index in [1.54, 1.807) is 12.1 Å². The molecule has 1 heterocycles. The van der Waals surface area contributed by atoms with Gasteiger partial charge in [-0.2, -0.15) is 0 Å². The van der Waals surface area contributed by atoms with Crippen molar-refractivity contribution in [3.05, 3.63) is 77.9 Å². The summed E-state index contributed by atoms with van der Waals surface area (Å²) in [6.45, 7) is 3.45. The van der Waals surface area contributed by atoms with Gasteiger partial charge in [-0.15, -0.1) is 0 Å². The van der Waals surface area contributed by atoms with Crippen molar-refractivity contribution in [3.8, 4) is 5.75 Å². The van der Waals surface area contributed by atoms with Crippen LogP contribution >= 0.6 is 0 Å². The van der Waals surface area contributed by atoms with Gasteiger partial charge in [0.25, 0.3) is 5.91 Å². The van der Waals surface area contributed by atoms with Crippen LogP contribution in [0.15, 0.2) is 66.7 Å². The number of likely N-dealkylation sites (tertiary alicyclic amines) is 1. The molecule has 1 fully saturated rings. The summed E-state index contributed by atoms with van der Waals surface area (Å²) in [4.78, 5) is 25.3. The molecule has 1 amide bonds. The van der Waals surface area contributed by atoms with Crippen molar-refractivity contribution >= 4 is 22.6 Å². The molecule has 0 aliphatic carbocycles. The van der Waals surface area contributed by atoms with Crippen molar-refractivity contribution in [2.45, 2.75) is 25.4 Å². The molecule has 0 bridgehead atoms. The Morgan fingerprint density at radius 2 is 1.84 bits per heavy atom. The lowest BCUT2D eigenvalue weighted by molar-refractivity contribution is -0.132. The number of ether oxygens (including phenoxy) is 1. The molecule has 0 radical (unpaired) electrons. The molecule has 0 saturated carbocycles. The summed E-state index contributed by atoms with van der Waals surface area (Å²) in [5.74, 6) is -0.572. The second-order valence-corrected chi connectivity index (χ2v) is 7.90. The van der Waals surface area contributed by atoms with E-state index in [-0.39, 0.29) is 30.2 Å². The van der Waals surface area contributed by atoms with Gasteiger partial charge in [0.1, 0.15) is 5.75 Å². The van der Waals surface area contributed by atoms with E-state index in [9.17, 15) is 9.59 Å². The number of amides is 1. The predicted octanol–water partition coefficient (Wildman–Crippen LogP) is 3.87. The molecule has 3 aromatic rings. The number of carboxylic acids is 1. The Morgan fingerprint density at radius 1 is 1.10 bits per heavy atom. The summed E-state index contributed by atoms with van der Waals surface area (Å²) in [6.07, 6.45) is 0.897. The maximum atomic E-state index is 12.5. The molecule has 2 N–H and O–H groups in total. The average Bonchev–Trinajstić information content (AvgIpc) is 3.25. The first-order chi connectivity index (χ1) is 15.0. The first-order valence-electron chi connectivity index (χ1n) is 10.5. The molecule has 6 nitrogen and oxygen atoms in total. The second-order valence-electron chi connectivity index (χ2n) is 7.90. The summed E-state index contributed by atoms with van der Waals surface area (Å²) >= 11 is 0. The first-order valence-corrected chi connectivity index (χ1v) is 10.5. The largest absolute Gasteiger partial charge is 0.484 e. The number of fused-ring (bicyclic) bond motifs is 1. The van der Waals surface area contributed by atoms with Crippen molar-refractivity contribution in [1.82, 2.24) is 10.2 Å². The lowest BCUT2D eigenvalue weighted by Crippen LogP contribution is -2.38. The molecule has 31 heavy (non-hydrogen) atoms. The molecule has 2 atom stereocenters. The van der Waals surface area contributed by atoms with E-state index in [4.69, 9.17) is 9.84 Å². The van der Waals surface area contributed by atoms with Crippen LogP contribution < -0.4 is 10.1 Å². The fraction of sp³-hybridized carbons (Fsp3) is 0.280. The highest BCUT2D eigenvalue weighted by molar-refractivity contribution is 5.87. The number of aromatic carboxylic acids is 1. The topological polar surface area (TPSA) is 78.9 Å². The highest BCUT2D eigenvalue weighted by Gasteiger charge is 2.27. The SMILES string of the molecule is C[C@@H](N[C@H]1CCN(C(=O)COc2ccc(C(=O)O)cc2)C1)c1cccc2ccccc12. The van der Waals surface area contributed by atoms with Crippen molar-refractivity contribution in [2.75, 3.05) is 19.7 Å². The summed E-state index contributed by atoms with van der Waals surface area (Å²) in [7, 11) is 0. The number of carboxylic acid groups (broad SMARTS) is 1. The molecule has 4 rings (SSSR count). The van der Waals surface area contributed by atoms with Crippen LogP contribution in [0.3, 0.4) is 0 Å². The molecular formula is C25H26N2O4. The molecule has 0 spiro atoms. The highest BCUT2D eigenvalue weighted by atomic mass is 16.5. The molecule has 1 aliphatic rings. The molecule has 160 valence electrons. The molecule has 0 aromatic heterocycles. The van der Waals surface area contributed by atoms with Crippen LogP contribution in [-0.4, -0.2) is 47.6 Å². The monoisotopic (exact) mass is 418 g/mol. The molecule has 6 heteroatoms. The van der Waals surface area contributed by atoms with E-state index < -0.39 is 5.97 Å². The lowest BCUT2D eigenvalue weighted by atomic mass is 9.99. The van der Waals surface area contributed by atoms with Crippen LogP contribution in [0, 0.1) is 0 Å². The van der Waals surface area contributed by atoms with Crippen LogP contribution in [0.25, 0.3) is 10.8 Å². The van der Waals surface area contributed by atoms with Gasteiger partial charge in [0, 0.05) is 25.2 Å². The van der Waals surface area contributed by atoms with Crippen LogP contribution in [0.4, 0.5) is 0 Å². The number of hydrogen-bond acceptors (Lipinski definition) is 4. The van der Waals surface area contributed by atoms with Gasteiger partial charge >= 0.3 is 5.97 Å². The fourth-order valence-corrected chi connectivity index (χ4v) is 4.12. The Kier molecular flexibility index (Phi) is 6.18. The molecule has 3 aromatic carbocycles. The van der Waals surface area contributed by atoms with Crippen LogP contribution in [0.5, 0.6) is 5.75 Å². The van der Waals surface area contributed by atoms with Crippen molar-refractivity contribution in [2.24, 2.45) is 0 Å². The second kappa shape index (κ2) is 9.18. The highest BCUT2D eigenvalue weighted by Crippen LogP contribution is 2.25. The number of carbonyl (C=O) groups is 2. The zero-order chi connectivity index (χ0) is 21.8. The number of carbonyl (C=O) groups excluding carboxylic acids is 1. The molecule has 0 unspecified atom stereocenters. The van der Waals surface area contributed by atoms with Crippen LogP contribution in [0.2, 0.25) is 0 Å². The Morgan fingerprint density at radius 3 is 2.61 bits per heavy atom. The zero-order valence-corrected chi connectivity index (χ0v) is 17.5. The van der Waals surface area contributed by atoms with E-state index in [0.29, 0.717) is 18.8 Å². The van der Waals surface area contributed by atoms with Gasteiger partial charge in [-0.05, 0) is 53.9 Å². The quantitative estimate of drug-likeness (QED) is 0.609. The predicted molar refractivity (Wildman–Crippen MR) is 119 cm³/mol. The summed E-state index contributed by atoms with van der Waals surface area (Å²) in [5, 5.41) is 15.1. The van der Waals surface area contributed by atoms with E-state index in [2.05, 4.69) is 48.6 Å². The Hall–Kier alpha value is -3.38. The van der Waals surface area contributed by atoms with Crippen LogP contribution in [0.1, 0.15) is 35.3 Å². The third kappa shape index (κ3) is 4.86. The number of nitrogens with zero attached hydrogens (tertiary/aromatic N) is 1. The van der Waals surface area contributed by atoms with Crippen LogP contribution in [-0.2, 0) is 4.79 Å². The van der Waals surface area contributed by atoms with Crippen molar-refractivity contribution in [3.63, 3.8) is 0 Å². The van der Waals surface area contributed by atoms with Crippen molar-refractivity contribution in [1.29, 1.82) is 0 Å². The standard InChI is InChI=1S/C25H26N2O4/c1-17(22-8-4-6-18-5-2-3-7-23(18)22)26-20-13-14-27(15-20)24(28)16-31-21-11-9-19(10-12-21)25(29)30/h2-12,17,20,26H,13-16H2,1H3,(H,29,30)/t17-,20+/m1/s1. The maximum Gasteiger partial charge on any atom is 0.335 e. The normalized spacial score (nSPS) is 16.9. The molecule has 1 saturated heterocycles. The Bertz CT molecular complexity index is 1080. The first kappa shape index (κ1) is 20.9. The van der Waals surface area contributed by atoms with Gasteiger partial charge in [0.05, 0.1) is 5.56 Å². The third-order valence-electron chi connectivity index (χ3n) is 5.78. The maximum absolute atomic E-state index is 12.5. The van der Waals surface area contributed by atoms with Gasteiger partial charge in [-0.3, -0.25) is 4.79 Å². The van der Waals surface area contributed by atoms with E-state index >= 15 is 0 Å². The van der Waals surface area contributed by atoms with Gasteiger partial charge < -0.3 is 20.1 Å². The Balaban J connectivity index is 1.30. The number of rotatable bonds is 7. The number of benzene rings is 3. The summed E-state index contributed by atoms with van der Waals surface area (Å²) < 4.78 is 5.54. The minimum Gasteiger partial charge on any atom is -0.484 e. The van der Waals surface area contributed by atoms with E-state index in [0.717, 1.165) is 6.42 Å². The lowest BCUT2D eigenvalue weighted by Gasteiger charge is -2.22. The van der Waals surface area contributed by atoms with Gasteiger partial charge in [-0.25, -0.2) is 4.79 Å². The molecular weight excluding hydrogens is 392 g/mol. The van der Waals surface area contributed by atoms with E-state index in [1.807, 2.05) is 11.0 Å². The number of hydrogen-bond donors (Lipinski definition) is 2. The minimum atomic E-state index is -0.990. The number of nitrogens with one attached hydrogen (secondary N) is 1. The zero-order valence-electron chi connectivity index (χ0n) is 17.5. The van der Waals surface area contributed by atoms with E-state index in [1.165, 1.54) is 28.5 Å². The fourth-order valence-electron chi connectivity index (χ4n) is 4.12. The van der Waals surface area contributed by atoms with Gasteiger partial charge in [-0.1, -0.05) is 42.5 Å². The summed E-state index contributed by atoms with van der Waals surface area (Å²) in [5.41, 5.74) is 1.45. The Labute approximate surface area is 181 Å².